The summed E-state index contributed by atoms with van der Waals surface area (Å²) in [5.74, 6) is -1.12. The maximum atomic E-state index is 13.6. The van der Waals surface area contributed by atoms with E-state index in [1.54, 1.807) is 0 Å². The first-order valence-corrected chi connectivity index (χ1v) is 10.2. The highest BCUT2D eigenvalue weighted by molar-refractivity contribution is 6.09. The molecule has 0 bridgehead atoms. The SMILES string of the molecule is CC(C)(C)CN1C(=O)C2(CNC(C(=O)Nc3cnc(C(N)=O)nc3)C2)c2ccccc21. The number of nitrogens with two attached hydrogens (primary N) is 1. The van der Waals surface area contributed by atoms with E-state index in [2.05, 4.69) is 41.4 Å². The summed E-state index contributed by atoms with van der Waals surface area (Å²) in [7, 11) is 0. The van der Waals surface area contributed by atoms with Crippen molar-refractivity contribution in [3.05, 3.63) is 48.0 Å². The Hall–Kier alpha value is -3.33. The molecule has 1 fully saturated rings. The van der Waals surface area contributed by atoms with Gasteiger partial charge in [0, 0.05) is 18.8 Å². The standard InChI is InChI=1S/C22H26N6O3/c1-21(2,3)12-28-16-7-5-4-6-14(16)22(20(28)31)8-15(26-11-22)19(30)27-13-9-24-18(17(23)29)25-10-13/h4-7,9-10,15,26H,8,11-12H2,1-3H3,(H2,23,29)(H,27,30). The fourth-order valence-corrected chi connectivity index (χ4v) is 4.32. The van der Waals surface area contributed by atoms with E-state index in [1.165, 1.54) is 12.4 Å². The third-order valence-electron chi connectivity index (χ3n) is 5.66. The van der Waals surface area contributed by atoms with Crippen LogP contribution < -0.4 is 21.3 Å². The minimum atomic E-state index is -0.768. The number of hydrogen-bond donors (Lipinski definition) is 3. The number of para-hydroxylation sites is 1. The van der Waals surface area contributed by atoms with Crippen LogP contribution in [-0.2, 0) is 15.0 Å². The topological polar surface area (TPSA) is 130 Å². The molecule has 0 radical (unpaired) electrons. The predicted molar refractivity (Wildman–Crippen MR) is 116 cm³/mol. The van der Waals surface area contributed by atoms with Crippen LogP contribution in [0.15, 0.2) is 36.7 Å². The van der Waals surface area contributed by atoms with Crippen molar-refractivity contribution in [2.75, 3.05) is 23.3 Å². The number of anilines is 2. The lowest BCUT2D eigenvalue weighted by molar-refractivity contribution is -0.123. The average Bonchev–Trinajstić information content (AvgIpc) is 3.25. The number of carbonyl (C=O) groups is 3. The first-order chi connectivity index (χ1) is 14.6. The monoisotopic (exact) mass is 422 g/mol. The van der Waals surface area contributed by atoms with E-state index in [9.17, 15) is 14.4 Å². The van der Waals surface area contributed by atoms with E-state index in [-0.39, 0.29) is 23.1 Å². The van der Waals surface area contributed by atoms with E-state index < -0.39 is 17.4 Å². The lowest BCUT2D eigenvalue weighted by Crippen LogP contribution is -2.44. The van der Waals surface area contributed by atoms with Gasteiger partial charge in [0.05, 0.1) is 29.5 Å². The molecule has 2 aromatic rings. The molecule has 162 valence electrons. The van der Waals surface area contributed by atoms with Gasteiger partial charge in [-0.05, 0) is 23.5 Å². The van der Waals surface area contributed by atoms with E-state index in [0.717, 1.165) is 11.3 Å². The van der Waals surface area contributed by atoms with Crippen LogP contribution in [0.4, 0.5) is 11.4 Å². The summed E-state index contributed by atoms with van der Waals surface area (Å²) in [6.07, 6.45) is 3.02. The molecule has 1 spiro atoms. The van der Waals surface area contributed by atoms with Gasteiger partial charge in [-0.15, -0.1) is 0 Å². The highest BCUT2D eigenvalue weighted by Gasteiger charge is 2.56. The molecule has 31 heavy (non-hydrogen) atoms. The number of fused-ring (bicyclic) bond motifs is 2. The highest BCUT2D eigenvalue weighted by Crippen LogP contribution is 2.47. The van der Waals surface area contributed by atoms with Gasteiger partial charge in [0.25, 0.3) is 5.91 Å². The molecule has 0 saturated carbocycles. The summed E-state index contributed by atoms with van der Waals surface area (Å²) in [5.41, 5.74) is 6.54. The van der Waals surface area contributed by atoms with Gasteiger partial charge < -0.3 is 21.3 Å². The van der Waals surface area contributed by atoms with Gasteiger partial charge in [-0.25, -0.2) is 9.97 Å². The Labute approximate surface area is 180 Å². The van der Waals surface area contributed by atoms with Gasteiger partial charge >= 0.3 is 0 Å². The third kappa shape index (κ3) is 3.76. The maximum absolute atomic E-state index is 13.6. The smallest absolute Gasteiger partial charge is 0.286 e. The summed E-state index contributed by atoms with van der Waals surface area (Å²) < 4.78 is 0. The van der Waals surface area contributed by atoms with Gasteiger partial charge in [0.15, 0.2) is 0 Å². The molecule has 0 aliphatic carbocycles. The molecular formula is C22H26N6O3. The highest BCUT2D eigenvalue weighted by atomic mass is 16.2. The zero-order chi connectivity index (χ0) is 22.4. The minimum Gasteiger partial charge on any atom is -0.363 e. The normalized spacial score (nSPS) is 22.6. The van der Waals surface area contributed by atoms with E-state index in [0.29, 0.717) is 25.2 Å². The molecule has 2 unspecified atom stereocenters. The zero-order valence-electron chi connectivity index (χ0n) is 17.8. The van der Waals surface area contributed by atoms with E-state index >= 15 is 0 Å². The molecular weight excluding hydrogens is 396 g/mol. The van der Waals surface area contributed by atoms with Crippen molar-refractivity contribution >= 4 is 29.1 Å². The molecule has 3 amide bonds. The Kier molecular flexibility index (Phi) is 5.01. The predicted octanol–water partition coefficient (Wildman–Crippen LogP) is 1.21. The molecule has 1 aromatic carbocycles. The van der Waals surface area contributed by atoms with Crippen molar-refractivity contribution in [1.29, 1.82) is 0 Å². The Morgan fingerprint density at radius 1 is 1.26 bits per heavy atom. The lowest BCUT2D eigenvalue weighted by atomic mass is 9.79. The number of primary amides is 1. The zero-order valence-corrected chi connectivity index (χ0v) is 17.8. The second kappa shape index (κ2) is 7.42. The number of nitrogens with zero attached hydrogens (tertiary/aromatic N) is 3. The molecule has 1 saturated heterocycles. The Morgan fingerprint density at radius 3 is 2.58 bits per heavy atom. The van der Waals surface area contributed by atoms with Gasteiger partial charge in [0.1, 0.15) is 0 Å². The first-order valence-electron chi connectivity index (χ1n) is 10.2. The average molecular weight is 422 g/mol. The number of amides is 3. The molecule has 2 aliphatic rings. The second-order valence-electron chi connectivity index (χ2n) is 9.34. The summed E-state index contributed by atoms with van der Waals surface area (Å²) in [4.78, 5) is 47.1. The summed E-state index contributed by atoms with van der Waals surface area (Å²) in [6.45, 7) is 7.29. The van der Waals surface area contributed by atoms with Crippen LogP contribution in [0, 0.1) is 5.41 Å². The number of rotatable bonds is 4. The molecule has 2 aliphatic heterocycles. The van der Waals surface area contributed by atoms with Crippen LogP contribution in [0.2, 0.25) is 0 Å². The fourth-order valence-electron chi connectivity index (χ4n) is 4.32. The molecule has 3 heterocycles. The van der Waals surface area contributed by atoms with Crippen molar-refractivity contribution in [3.63, 3.8) is 0 Å². The lowest BCUT2D eigenvalue weighted by Gasteiger charge is -2.29. The van der Waals surface area contributed by atoms with Crippen LogP contribution in [0.1, 0.15) is 43.4 Å². The molecule has 2 atom stereocenters. The van der Waals surface area contributed by atoms with Gasteiger partial charge in [-0.1, -0.05) is 39.0 Å². The number of nitrogens with one attached hydrogen (secondary N) is 2. The van der Waals surface area contributed by atoms with Crippen molar-refractivity contribution in [2.45, 2.75) is 38.6 Å². The molecule has 4 N–H and O–H groups in total. The minimum absolute atomic E-state index is 0.0283. The van der Waals surface area contributed by atoms with Crippen molar-refractivity contribution in [2.24, 2.45) is 11.1 Å². The molecule has 4 rings (SSSR count). The quantitative estimate of drug-likeness (QED) is 0.679. The third-order valence-corrected chi connectivity index (χ3v) is 5.66. The van der Waals surface area contributed by atoms with Crippen LogP contribution in [-0.4, -0.2) is 46.8 Å². The summed E-state index contributed by atoms with van der Waals surface area (Å²) in [5, 5.41) is 5.96. The molecule has 9 heteroatoms. The van der Waals surface area contributed by atoms with Crippen molar-refractivity contribution in [1.82, 2.24) is 15.3 Å². The number of hydrogen-bond acceptors (Lipinski definition) is 6. The number of aromatic nitrogens is 2. The van der Waals surface area contributed by atoms with Crippen LogP contribution in [0.5, 0.6) is 0 Å². The van der Waals surface area contributed by atoms with E-state index in [1.807, 2.05) is 29.2 Å². The largest absolute Gasteiger partial charge is 0.363 e. The van der Waals surface area contributed by atoms with E-state index in [4.69, 9.17) is 5.73 Å². The number of benzene rings is 1. The fraction of sp³-hybridized carbons (Fsp3) is 0.409. The van der Waals surface area contributed by atoms with Gasteiger partial charge in [-0.2, -0.15) is 0 Å². The molecule has 1 aromatic heterocycles. The summed E-state index contributed by atoms with van der Waals surface area (Å²) in [6, 6.07) is 7.26. The van der Waals surface area contributed by atoms with Crippen molar-refractivity contribution in [3.8, 4) is 0 Å². The maximum Gasteiger partial charge on any atom is 0.286 e. The second-order valence-corrected chi connectivity index (χ2v) is 9.34. The van der Waals surface area contributed by atoms with Crippen LogP contribution >= 0.6 is 0 Å². The number of carbonyl (C=O) groups excluding carboxylic acids is 3. The van der Waals surface area contributed by atoms with Crippen LogP contribution in [0.25, 0.3) is 0 Å². The van der Waals surface area contributed by atoms with Gasteiger partial charge in [0.2, 0.25) is 17.6 Å². The Balaban J connectivity index is 1.54. The Bertz CT molecular complexity index is 1050. The van der Waals surface area contributed by atoms with Crippen LogP contribution in [0.3, 0.4) is 0 Å². The summed E-state index contributed by atoms with van der Waals surface area (Å²) >= 11 is 0. The Morgan fingerprint density at radius 2 is 1.94 bits per heavy atom. The van der Waals surface area contributed by atoms with Crippen molar-refractivity contribution < 1.29 is 14.4 Å². The first kappa shape index (κ1) is 20.9. The molecule has 9 nitrogen and oxygen atoms in total. The van der Waals surface area contributed by atoms with Gasteiger partial charge in [-0.3, -0.25) is 14.4 Å².